The van der Waals surface area contributed by atoms with Crippen LogP contribution >= 0.6 is 0 Å². The number of ether oxygens (including phenoxy) is 1. The normalized spacial score (nSPS) is 10.0. The van der Waals surface area contributed by atoms with Crippen LogP contribution in [0.3, 0.4) is 0 Å². The summed E-state index contributed by atoms with van der Waals surface area (Å²) in [5, 5.41) is 5.75. The number of hydrogen-bond acceptors (Lipinski definition) is 4. The highest BCUT2D eigenvalue weighted by Gasteiger charge is 2.07. The number of anilines is 2. The van der Waals surface area contributed by atoms with E-state index in [2.05, 4.69) is 22.5 Å². The Kier molecular flexibility index (Phi) is 5.15. The lowest BCUT2D eigenvalue weighted by Crippen LogP contribution is -2.12. The van der Waals surface area contributed by atoms with Gasteiger partial charge < -0.3 is 15.4 Å². The molecule has 21 heavy (non-hydrogen) atoms. The number of carbonyl (C=O) groups excluding carboxylic acids is 1. The van der Waals surface area contributed by atoms with E-state index in [0.29, 0.717) is 18.0 Å². The minimum atomic E-state index is -0.170. The number of carbonyl (C=O) groups is 1. The van der Waals surface area contributed by atoms with Gasteiger partial charge in [-0.15, -0.1) is 0 Å². The summed E-state index contributed by atoms with van der Waals surface area (Å²) >= 11 is 0. The predicted molar refractivity (Wildman–Crippen MR) is 84.0 cm³/mol. The van der Waals surface area contributed by atoms with Crippen LogP contribution in [0.5, 0.6) is 5.75 Å². The van der Waals surface area contributed by atoms with E-state index in [-0.39, 0.29) is 5.91 Å². The first-order chi connectivity index (χ1) is 10.2. The molecule has 0 fully saturated rings. The Bertz CT molecular complexity index is 597. The van der Waals surface area contributed by atoms with E-state index >= 15 is 0 Å². The molecule has 0 spiro atoms. The lowest BCUT2D eigenvalue weighted by atomic mass is 10.2. The monoisotopic (exact) mass is 285 g/mol. The maximum absolute atomic E-state index is 12.1. The van der Waals surface area contributed by atoms with Gasteiger partial charge >= 0.3 is 0 Å². The van der Waals surface area contributed by atoms with Crippen LogP contribution in [0.2, 0.25) is 0 Å². The Hall–Kier alpha value is -2.56. The highest BCUT2D eigenvalue weighted by molar-refractivity contribution is 6.04. The average molecular weight is 285 g/mol. The highest BCUT2D eigenvalue weighted by atomic mass is 16.5. The smallest absolute Gasteiger partial charge is 0.255 e. The molecule has 0 unspecified atom stereocenters. The average Bonchev–Trinajstić information content (AvgIpc) is 2.54. The number of benzene rings is 1. The van der Waals surface area contributed by atoms with Crippen LogP contribution < -0.4 is 15.4 Å². The summed E-state index contributed by atoms with van der Waals surface area (Å²) in [6, 6.07) is 10.7. The van der Waals surface area contributed by atoms with Crippen LogP contribution in [0, 0.1) is 0 Å². The van der Waals surface area contributed by atoms with Gasteiger partial charge in [-0.1, -0.05) is 6.92 Å². The van der Waals surface area contributed by atoms with Crippen molar-refractivity contribution in [2.24, 2.45) is 0 Å². The highest BCUT2D eigenvalue weighted by Crippen LogP contribution is 2.17. The van der Waals surface area contributed by atoms with Crippen molar-refractivity contribution >= 4 is 17.4 Å². The zero-order valence-corrected chi connectivity index (χ0v) is 12.2. The summed E-state index contributed by atoms with van der Waals surface area (Å²) in [7, 11) is 1.76. The molecule has 2 rings (SSSR count). The summed E-state index contributed by atoms with van der Waals surface area (Å²) in [6.07, 6.45) is 2.57. The zero-order chi connectivity index (χ0) is 15.1. The number of nitrogens with zero attached hydrogens (tertiary/aromatic N) is 1. The SMILES string of the molecule is CCCOc1ccc(NC(=O)c2ccnc(NC)c2)cc1. The Morgan fingerprint density at radius 3 is 2.67 bits per heavy atom. The van der Waals surface area contributed by atoms with Crippen LogP contribution in [0.25, 0.3) is 0 Å². The van der Waals surface area contributed by atoms with Crippen molar-refractivity contribution in [2.75, 3.05) is 24.3 Å². The lowest BCUT2D eigenvalue weighted by Gasteiger charge is -2.08. The summed E-state index contributed by atoms with van der Waals surface area (Å²) in [5.41, 5.74) is 1.28. The molecular weight excluding hydrogens is 266 g/mol. The molecule has 110 valence electrons. The minimum Gasteiger partial charge on any atom is -0.494 e. The van der Waals surface area contributed by atoms with E-state index in [9.17, 15) is 4.79 Å². The summed E-state index contributed by atoms with van der Waals surface area (Å²) < 4.78 is 5.50. The van der Waals surface area contributed by atoms with Gasteiger partial charge in [0.25, 0.3) is 5.91 Å². The Balaban J connectivity index is 2.01. The van der Waals surface area contributed by atoms with E-state index in [4.69, 9.17) is 4.74 Å². The molecule has 5 heteroatoms. The molecule has 0 aliphatic carbocycles. The Morgan fingerprint density at radius 1 is 1.24 bits per heavy atom. The molecule has 0 aliphatic rings. The van der Waals surface area contributed by atoms with Gasteiger partial charge in [-0.05, 0) is 42.8 Å². The van der Waals surface area contributed by atoms with Gasteiger partial charge in [0.05, 0.1) is 6.61 Å². The molecule has 1 amide bonds. The van der Waals surface area contributed by atoms with E-state index in [1.54, 1.807) is 25.4 Å². The predicted octanol–water partition coefficient (Wildman–Crippen LogP) is 3.16. The van der Waals surface area contributed by atoms with Gasteiger partial charge in [-0.3, -0.25) is 4.79 Å². The fourth-order valence-electron chi connectivity index (χ4n) is 1.77. The maximum Gasteiger partial charge on any atom is 0.255 e. The van der Waals surface area contributed by atoms with Crippen LogP contribution in [-0.4, -0.2) is 24.5 Å². The molecule has 0 atom stereocenters. The fraction of sp³-hybridized carbons (Fsp3) is 0.250. The third kappa shape index (κ3) is 4.21. The number of nitrogens with one attached hydrogen (secondary N) is 2. The molecule has 5 nitrogen and oxygen atoms in total. The largest absolute Gasteiger partial charge is 0.494 e. The number of pyridine rings is 1. The lowest BCUT2D eigenvalue weighted by molar-refractivity contribution is 0.102. The topological polar surface area (TPSA) is 63.2 Å². The van der Waals surface area contributed by atoms with Crippen molar-refractivity contribution in [3.8, 4) is 5.75 Å². The molecule has 0 saturated carbocycles. The molecule has 1 heterocycles. The third-order valence-corrected chi connectivity index (χ3v) is 2.86. The molecule has 1 aromatic heterocycles. The molecule has 2 aromatic rings. The van der Waals surface area contributed by atoms with Crippen molar-refractivity contribution < 1.29 is 9.53 Å². The van der Waals surface area contributed by atoms with Crippen LogP contribution in [0.1, 0.15) is 23.7 Å². The van der Waals surface area contributed by atoms with E-state index in [1.165, 1.54) is 0 Å². The van der Waals surface area contributed by atoms with E-state index in [1.807, 2.05) is 24.3 Å². The van der Waals surface area contributed by atoms with Crippen molar-refractivity contribution in [1.29, 1.82) is 0 Å². The quantitative estimate of drug-likeness (QED) is 0.855. The minimum absolute atomic E-state index is 0.170. The molecule has 0 bridgehead atoms. The molecule has 1 aromatic carbocycles. The fourth-order valence-corrected chi connectivity index (χ4v) is 1.77. The Morgan fingerprint density at radius 2 is 2.00 bits per heavy atom. The van der Waals surface area contributed by atoms with Gasteiger partial charge in [0.1, 0.15) is 11.6 Å². The van der Waals surface area contributed by atoms with Crippen molar-refractivity contribution in [3.63, 3.8) is 0 Å². The number of amides is 1. The first-order valence-electron chi connectivity index (χ1n) is 6.91. The van der Waals surface area contributed by atoms with Gasteiger partial charge in [0.15, 0.2) is 0 Å². The molecule has 0 radical (unpaired) electrons. The van der Waals surface area contributed by atoms with Crippen LogP contribution in [-0.2, 0) is 0 Å². The molecule has 2 N–H and O–H groups in total. The summed E-state index contributed by atoms with van der Waals surface area (Å²) in [5.74, 6) is 1.29. The van der Waals surface area contributed by atoms with Gasteiger partial charge in [0.2, 0.25) is 0 Å². The maximum atomic E-state index is 12.1. The van der Waals surface area contributed by atoms with Gasteiger partial charge in [-0.25, -0.2) is 4.98 Å². The second kappa shape index (κ2) is 7.28. The number of aromatic nitrogens is 1. The summed E-state index contributed by atoms with van der Waals surface area (Å²) in [6.45, 7) is 2.75. The standard InChI is InChI=1S/C16H19N3O2/c1-3-10-21-14-6-4-13(5-7-14)19-16(20)12-8-9-18-15(11-12)17-2/h4-9,11H,3,10H2,1-2H3,(H,17,18)(H,19,20). The number of rotatable bonds is 6. The zero-order valence-electron chi connectivity index (χ0n) is 12.2. The summed E-state index contributed by atoms with van der Waals surface area (Å²) in [4.78, 5) is 16.2. The van der Waals surface area contributed by atoms with E-state index in [0.717, 1.165) is 17.9 Å². The second-order valence-electron chi connectivity index (χ2n) is 4.51. The van der Waals surface area contributed by atoms with Crippen molar-refractivity contribution in [3.05, 3.63) is 48.2 Å². The van der Waals surface area contributed by atoms with Gasteiger partial charge in [-0.2, -0.15) is 0 Å². The van der Waals surface area contributed by atoms with Crippen molar-refractivity contribution in [1.82, 2.24) is 4.98 Å². The van der Waals surface area contributed by atoms with Crippen LogP contribution in [0.4, 0.5) is 11.5 Å². The first-order valence-corrected chi connectivity index (χ1v) is 6.91. The van der Waals surface area contributed by atoms with Crippen LogP contribution in [0.15, 0.2) is 42.6 Å². The first kappa shape index (κ1) is 14.8. The molecule has 0 saturated heterocycles. The van der Waals surface area contributed by atoms with Gasteiger partial charge in [0, 0.05) is 24.5 Å². The number of hydrogen-bond donors (Lipinski definition) is 2. The van der Waals surface area contributed by atoms with E-state index < -0.39 is 0 Å². The molecule has 0 aliphatic heterocycles. The third-order valence-electron chi connectivity index (χ3n) is 2.86. The Labute approximate surface area is 124 Å². The molecular formula is C16H19N3O2. The second-order valence-corrected chi connectivity index (χ2v) is 4.51. The van der Waals surface area contributed by atoms with Crippen molar-refractivity contribution in [2.45, 2.75) is 13.3 Å².